The van der Waals surface area contributed by atoms with E-state index in [1.54, 1.807) is 7.11 Å². The largest absolute Gasteiger partial charge is 0.496 e. The maximum absolute atomic E-state index is 12.3. The van der Waals surface area contributed by atoms with Gasteiger partial charge < -0.3 is 19.7 Å². The van der Waals surface area contributed by atoms with Crippen molar-refractivity contribution in [2.75, 3.05) is 46.2 Å². The zero-order valence-corrected chi connectivity index (χ0v) is 18.5. The second kappa shape index (κ2) is 12.0. The van der Waals surface area contributed by atoms with Crippen molar-refractivity contribution in [2.45, 2.75) is 38.8 Å². The summed E-state index contributed by atoms with van der Waals surface area (Å²) in [5.74, 6) is 1.41. The number of ether oxygens (including phenoxy) is 2. The van der Waals surface area contributed by atoms with Gasteiger partial charge >= 0.3 is 0 Å². The molecule has 0 saturated carbocycles. The van der Waals surface area contributed by atoms with Crippen LogP contribution in [0.15, 0.2) is 29.3 Å². The Hall–Kier alpha value is -1.84. The average Bonchev–Trinajstić information content (AvgIpc) is 2.73. The Balaban J connectivity index is 1.89. The van der Waals surface area contributed by atoms with E-state index in [0.29, 0.717) is 32.2 Å². The van der Waals surface area contributed by atoms with Crippen LogP contribution < -0.4 is 14.8 Å². The van der Waals surface area contributed by atoms with Gasteiger partial charge in [-0.15, -0.1) is 0 Å². The molecule has 29 heavy (non-hydrogen) atoms. The molecule has 1 saturated heterocycles. The lowest BCUT2D eigenvalue weighted by atomic mass is 10.1. The molecule has 2 rings (SSSR count). The number of aliphatic imine (C=N–C) groups is 1. The Bertz CT molecular complexity index is 749. The van der Waals surface area contributed by atoms with Gasteiger partial charge in [0, 0.05) is 38.9 Å². The molecule has 0 aliphatic carbocycles. The molecule has 1 fully saturated rings. The summed E-state index contributed by atoms with van der Waals surface area (Å²) in [6, 6.07) is 7.81. The van der Waals surface area contributed by atoms with Crippen LogP contribution in [0.25, 0.3) is 0 Å². The van der Waals surface area contributed by atoms with Gasteiger partial charge in [0.1, 0.15) is 5.75 Å². The number of hydrogen-bond acceptors (Lipinski definition) is 5. The van der Waals surface area contributed by atoms with Gasteiger partial charge in [0.05, 0.1) is 25.5 Å². The van der Waals surface area contributed by atoms with Gasteiger partial charge in [-0.2, -0.15) is 0 Å². The summed E-state index contributed by atoms with van der Waals surface area (Å²) in [6.45, 7) is 4.49. The summed E-state index contributed by atoms with van der Waals surface area (Å²) in [6.07, 6.45) is 3.01. The predicted octanol–water partition coefficient (Wildman–Crippen LogP) is 1.58. The van der Waals surface area contributed by atoms with Gasteiger partial charge in [-0.3, -0.25) is 4.99 Å². The summed E-state index contributed by atoms with van der Waals surface area (Å²) in [4.78, 5) is 6.44. The van der Waals surface area contributed by atoms with E-state index in [1.807, 2.05) is 43.1 Å². The SMILES string of the molecule is CCNC(=NCCS(=O)(=O)NCC1CCCCO1)N(C)Cc1ccccc1OC. The molecule has 164 valence electrons. The second-order valence-electron chi connectivity index (χ2n) is 7.06. The van der Waals surface area contributed by atoms with E-state index in [9.17, 15) is 8.42 Å². The van der Waals surface area contributed by atoms with Crippen LogP contribution >= 0.6 is 0 Å². The van der Waals surface area contributed by atoms with Crippen LogP contribution in [0.4, 0.5) is 0 Å². The first-order chi connectivity index (χ1) is 13.9. The third-order valence-electron chi connectivity index (χ3n) is 4.72. The van der Waals surface area contributed by atoms with Crippen molar-refractivity contribution in [1.82, 2.24) is 14.9 Å². The number of benzene rings is 1. The summed E-state index contributed by atoms with van der Waals surface area (Å²) in [5, 5.41) is 3.21. The summed E-state index contributed by atoms with van der Waals surface area (Å²) in [5.41, 5.74) is 1.03. The lowest BCUT2D eigenvalue weighted by molar-refractivity contribution is 0.0200. The van der Waals surface area contributed by atoms with Crippen LogP contribution in [-0.2, 0) is 21.3 Å². The quantitative estimate of drug-likeness (QED) is 0.436. The van der Waals surface area contributed by atoms with Crippen LogP contribution in [0.1, 0.15) is 31.7 Å². The standard InChI is InChI=1S/C20H34N4O4S/c1-4-21-20(24(2)16-17-9-5-6-11-19(17)27-3)22-12-14-29(25,26)23-15-18-10-7-8-13-28-18/h5-6,9,11,18,23H,4,7-8,10,12-16H2,1-3H3,(H,21,22). The van der Waals surface area contributed by atoms with E-state index >= 15 is 0 Å². The lowest BCUT2D eigenvalue weighted by Gasteiger charge is -2.23. The first kappa shape index (κ1) is 23.4. The molecule has 0 bridgehead atoms. The molecule has 0 aromatic heterocycles. The van der Waals surface area contributed by atoms with Crippen molar-refractivity contribution in [2.24, 2.45) is 4.99 Å². The Labute approximate surface area is 174 Å². The molecule has 1 atom stereocenters. The zero-order chi connectivity index (χ0) is 21.1. The molecule has 8 nitrogen and oxygen atoms in total. The first-order valence-corrected chi connectivity index (χ1v) is 11.8. The summed E-state index contributed by atoms with van der Waals surface area (Å²) >= 11 is 0. The predicted molar refractivity (Wildman–Crippen MR) is 116 cm³/mol. The van der Waals surface area contributed by atoms with E-state index in [-0.39, 0.29) is 18.4 Å². The third kappa shape index (κ3) is 8.20. The van der Waals surface area contributed by atoms with E-state index in [2.05, 4.69) is 15.0 Å². The van der Waals surface area contributed by atoms with Crippen molar-refractivity contribution in [3.05, 3.63) is 29.8 Å². The Morgan fingerprint density at radius 1 is 1.34 bits per heavy atom. The molecule has 1 unspecified atom stereocenters. The van der Waals surface area contributed by atoms with E-state index in [0.717, 1.165) is 30.6 Å². The van der Waals surface area contributed by atoms with Crippen LogP contribution in [0.2, 0.25) is 0 Å². The van der Waals surface area contributed by atoms with Crippen LogP contribution in [0, 0.1) is 0 Å². The van der Waals surface area contributed by atoms with Crippen LogP contribution in [0.3, 0.4) is 0 Å². The monoisotopic (exact) mass is 426 g/mol. The van der Waals surface area contributed by atoms with Crippen molar-refractivity contribution in [1.29, 1.82) is 0 Å². The van der Waals surface area contributed by atoms with Gasteiger partial charge in [0.15, 0.2) is 5.96 Å². The number of nitrogens with zero attached hydrogens (tertiary/aromatic N) is 2. The van der Waals surface area contributed by atoms with Crippen LogP contribution in [-0.4, -0.2) is 71.5 Å². The average molecular weight is 427 g/mol. The fraction of sp³-hybridized carbons (Fsp3) is 0.650. The summed E-state index contributed by atoms with van der Waals surface area (Å²) in [7, 11) is 0.175. The highest BCUT2D eigenvalue weighted by molar-refractivity contribution is 7.89. The molecular weight excluding hydrogens is 392 g/mol. The topological polar surface area (TPSA) is 92.3 Å². The minimum atomic E-state index is -3.39. The van der Waals surface area contributed by atoms with Gasteiger partial charge in [-0.1, -0.05) is 18.2 Å². The number of guanidine groups is 1. The molecule has 0 radical (unpaired) electrons. The maximum Gasteiger partial charge on any atom is 0.213 e. The fourth-order valence-electron chi connectivity index (χ4n) is 3.17. The van der Waals surface area contributed by atoms with Gasteiger partial charge in [-0.25, -0.2) is 13.1 Å². The van der Waals surface area contributed by atoms with Crippen molar-refractivity contribution in [3.63, 3.8) is 0 Å². The minimum absolute atomic E-state index is 0.0219. The number of sulfonamides is 1. The minimum Gasteiger partial charge on any atom is -0.496 e. The van der Waals surface area contributed by atoms with Crippen molar-refractivity contribution < 1.29 is 17.9 Å². The smallest absolute Gasteiger partial charge is 0.213 e. The highest BCUT2D eigenvalue weighted by Crippen LogP contribution is 2.18. The molecule has 1 aliphatic heterocycles. The Morgan fingerprint density at radius 3 is 2.83 bits per heavy atom. The van der Waals surface area contributed by atoms with Crippen molar-refractivity contribution >= 4 is 16.0 Å². The number of methoxy groups -OCH3 is 1. The molecular formula is C20H34N4O4S. The van der Waals surface area contributed by atoms with Crippen molar-refractivity contribution in [3.8, 4) is 5.75 Å². The molecule has 9 heteroatoms. The number of nitrogens with one attached hydrogen (secondary N) is 2. The Kier molecular flexibility index (Phi) is 9.69. The molecule has 1 aliphatic rings. The molecule has 0 spiro atoms. The number of rotatable bonds is 10. The highest BCUT2D eigenvalue weighted by atomic mass is 32.2. The van der Waals surface area contributed by atoms with Crippen LogP contribution in [0.5, 0.6) is 5.75 Å². The maximum atomic E-state index is 12.3. The second-order valence-corrected chi connectivity index (χ2v) is 8.99. The van der Waals surface area contributed by atoms with Gasteiger partial charge in [0.25, 0.3) is 0 Å². The lowest BCUT2D eigenvalue weighted by Crippen LogP contribution is -2.39. The molecule has 0 amide bonds. The fourth-order valence-corrected chi connectivity index (χ4v) is 4.08. The molecule has 2 N–H and O–H groups in total. The molecule has 1 heterocycles. The van der Waals surface area contributed by atoms with E-state index in [4.69, 9.17) is 9.47 Å². The summed E-state index contributed by atoms with van der Waals surface area (Å²) < 4.78 is 38.2. The van der Waals surface area contributed by atoms with Gasteiger partial charge in [0.2, 0.25) is 10.0 Å². The molecule has 1 aromatic carbocycles. The first-order valence-electron chi connectivity index (χ1n) is 10.2. The number of hydrogen-bond donors (Lipinski definition) is 2. The van der Waals surface area contributed by atoms with E-state index in [1.165, 1.54) is 0 Å². The Morgan fingerprint density at radius 2 is 2.14 bits per heavy atom. The third-order valence-corrected chi connectivity index (χ3v) is 6.05. The molecule has 1 aromatic rings. The zero-order valence-electron chi connectivity index (χ0n) is 17.7. The normalized spacial score (nSPS) is 17.8. The van der Waals surface area contributed by atoms with Gasteiger partial charge in [-0.05, 0) is 32.3 Å². The van der Waals surface area contributed by atoms with E-state index < -0.39 is 10.0 Å². The number of para-hydroxylation sites is 1. The highest BCUT2D eigenvalue weighted by Gasteiger charge is 2.18.